The van der Waals surface area contributed by atoms with Crippen molar-refractivity contribution in [3.05, 3.63) is 27.6 Å². The number of carbonyl (C=O) groups is 3. The second-order valence-corrected chi connectivity index (χ2v) is 8.84. The Labute approximate surface area is 172 Å². The van der Waals surface area contributed by atoms with Gasteiger partial charge in [-0.05, 0) is 22.9 Å². The highest BCUT2D eigenvalue weighted by Gasteiger charge is 2.54. The number of carbonyl (C=O) groups excluding carboxylic acids is 2. The molecule has 0 bridgehead atoms. The molecular formula is C15H16N8O4S2. The molecule has 2 aromatic rings. The van der Waals surface area contributed by atoms with Crippen LogP contribution in [0.4, 0.5) is 0 Å². The first-order chi connectivity index (χ1) is 13.9. The van der Waals surface area contributed by atoms with Crippen LogP contribution in [0.25, 0.3) is 0 Å². The first-order valence-electron chi connectivity index (χ1n) is 8.58. The van der Waals surface area contributed by atoms with Crippen molar-refractivity contribution in [1.82, 2.24) is 40.6 Å². The molecule has 4 rings (SSSR count). The zero-order valence-electron chi connectivity index (χ0n) is 15.3. The van der Waals surface area contributed by atoms with Gasteiger partial charge < -0.3 is 10.4 Å². The van der Waals surface area contributed by atoms with Crippen molar-refractivity contribution < 1.29 is 19.5 Å². The van der Waals surface area contributed by atoms with E-state index in [9.17, 15) is 19.5 Å². The van der Waals surface area contributed by atoms with Crippen LogP contribution in [-0.4, -0.2) is 75.4 Å². The van der Waals surface area contributed by atoms with Gasteiger partial charge in [-0.15, -0.1) is 38.4 Å². The molecule has 152 valence electrons. The van der Waals surface area contributed by atoms with E-state index in [1.165, 1.54) is 39.0 Å². The summed E-state index contributed by atoms with van der Waals surface area (Å²) in [5.41, 5.74) is 0.576. The molecule has 2 unspecified atom stereocenters. The predicted octanol–water partition coefficient (Wildman–Crippen LogP) is -0.625. The van der Waals surface area contributed by atoms with Crippen molar-refractivity contribution in [3.63, 3.8) is 0 Å². The number of tetrazole rings is 1. The first kappa shape index (κ1) is 19.4. The summed E-state index contributed by atoms with van der Waals surface area (Å²) < 4.78 is 1.23. The van der Waals surface area contributed by atoms with Gasteiger partial charge in [0.05, 0.1) is 0 Å². The molecule has 0 saturated carbocycles. The van der Waals surface area contributed by atoms with E-state index in [1.54, 1.807) is 0 Å². The number of β-lactam (4-membered cyclic amide) rings is 1. The molecule has 2 aromatic heterocycles. The van der Waals surface area contributed by atoms with Crippen LogP contribution in [0.2, 0.25) is 0 Å². The number of hydrogen-bond donors (Lipinski definition) is 2. The molecule has 2 amide bonds. The number of carboxylic acid groups (broad SMARTS) is 1. The highest BCUT2D eigenvalue weighted by molar-refractivity contribution is 8.00. The molecular weight excluding hydrogens is 420 g/mol. The van der Waals surface area contributed by atoms with Crippen LogP contribution in [0.5, 0.6) is 0 Å². The molecule has 2 aliphatic heterocycles. The Bertz CT molecular complexity index is 1000. The van der Waals surface area contributed by atoms with Crippen molar-refractivity contribution in [2.45, 2.75) is 37.7 Å². The Morgan fingerprint density at radius 2 is 2.21 bits per heavy atom. The van der Waals surface area contributed by atoms with Gasteiger partial charge in [-0.3, -0.25) is 14.5 Å². The smallest absolute Gasteiger partial charge is 0.352 e. The van der Waals surface area contributed by atoms with Crippen LogP contribution in [0, 0.1) is 6.92 Å². The Morgan fingerprint density at radius 3 is 2.83 bits per heavy atom. The van der Waals surface area contributed by atoms with Gasteiger partial charge in [0.15, 0.2) is 0 Å². The van der Waals surface area contributed by atoms with Crippen molar-refractivity contribution in [2.75, 3.05) is 5.75 Å². The van der Waals surface area contributed by atoms with Crippen LogP contribution in [0.3, 0.4) is 0 Å². The molecule has 2 aliphatic rings. The number of aryl methyl sites for hydroxylation is 1. The number of thioether (sulfide) groups is 1. The van der Waals surface area contributed by atoms with Gasteiger partial charge in [0.25, 0.3) is 5.91 Å². The summed E-state index contributed by atoms with van der Waals surface area (Å²) in [4.78, 5) is 38.1. The predicted molar refractivity (Wildman–Crippen MR) is 101 cm³/mol. The van der Waals surface area contributed by atoms with Crippen LogP contribution >= 0.6 is 23.1 Å². The summed E-state index contributed by atoms with van der Waals surface area (Å²) in [6, 6.07) is -0.793. The standard InChI is InChI=1S/C15H16N8O4S2/c1-6(12-19-18-7(2)29-12)8-4-28-14-10(13(25)23(14)11(8)15(26)27)17-9(24)3-22-5-16-20-21-22/h5-6,10,14H,3-4H2,1-2H3,(H,17,24)(H,26,27)/t6?,10?,14-/m0/s1. The average molecular weight is 436 g/mol. The van der Waals surface area contributed by atoms with Gasteiger partial charge in [-0.25, -0.2) is 9.48 Å². The van der Waals surface area contributed by atoms with Crippen LogP contribution in [0.1, 0.15) is 22.9 Å². The second kappa shape index (κ2) is 7.51. The van der Waals surface area contributed by atoms with Crippen LogP contribution in [0.15, 0.2) is 17.6 Å². The summed E-state index contributed by atoms with van der Waals surface area (Å²) in [5.74, 6) is -1.93. The zero-order chi connectivity index (χ0) is 20.7. The van der Waals surface area contributed by atoms with E-state index in [2.05, 4.69) is 31.0 Å². The normalized spacial score (nSPS) is 22.1. The molecule has 1 fully saturated rings. The lowest BCUT2D eigenvalue weighted by molar-refractivity contribution is -0.150. The Kier molecular flexibility index (Phi) is 5.04. The quantitative estimate of drug-likeness (QED) is 0.559. The number of aliphatic carboxylic acids is 1. The number of fused-ring (bicyclic) bond motifs is 1. The lowest BCUT2D eigenvalue weighted by Gasteiger charge is -2.50. The van der Waals surface area contributed by atoms with Crippen molar-refractivity contribution in [3.8, 4) is 0 Å². The first-order valence-corrected chi connectivity index (χ1v) is 10.4. The fraction of sp³-hybridized carbons (Fsp3) is 0.467. The zero-order valence-corrected chi connectivity index (χ0v) is 17.0. The number of nitrogens with zero attached hydrogens (tertiary/aromatic N) is 7. The average Bonchev–Trinajstić information content (AvgIpc) is 3.35. The molecule has 0 aliphatic carbocycles. The highest BCUT2D eigenvalue weighted by atomic mass is 32.2. The third-order valence-electron chi connectivity index (χ3n) is 4.65. The molecule has 1 saturated heterocycles. The lowest BCUT2D eigenvalue weighted by Crippen LogP contribution is -2.70. The number of amides is 2. The fourth-order valence-corrected chi connectivity index (χ4v) is 5.49. The van der Waals surface area contributed by atoms with Gasteiger partial charge in [0.1, 0.15) is 40.0 Å². The van der Waals surface area contributed by atoms with Crippen molar-refractivity contribution in [1.29, 1.82) is 0 Å². The molecule has 3 atom stereocenters. The third-order valence-corrected chi connectivity index (χ3v) is 6.97. The van der Waals surface area contributed by atoms with Gasteiger partial charge in [-0.1, -0.05) is 6.92 Å². The van der Waals surface area contributed by atoms with Gasteiger partial charge in [-0.2, -0.15) is 0 Å². The fourth-order valence-electron chi connectivity index (χ4n) is 3.23. The van der Waals surface area contributed by atoms with Crippen molar-refractivity contribution >= 4 is 40.9 Å². The van der Waals surface area contributed by atoms with E-state index < -0.39 is 29.2 Å². The molecule has 14 heteroatoms. The van der Waals surface area contributed by atoms with E-state index in [0.717, 1.165) is 5.01 Å². The Morgan fingerprint density at radius 1 is 1.41 bits per heavy atom. The number of aromatic nitrogens is 6. The Balaban J connectivity index is 1.53. The lowest BCUT2D eigenvalue weighted by atomic mass is 9.96. The number of rotatable bonds is 6. The SMILES string of the molecule is Cc1nnc(C(C)C2=C(C(=O)O)N3C(=O)C(NC(=O)Cn4cnnn4)[C@@H]3SC2)s1. The summed E-state index contributed by atoms with van der Waals surface area (Å²) in [6.45, 7) is 3.55. The monoisotopic (exact) mass is 436 g/mol. The molecule has 4 heterocycles. The molecule has 0 aromatic carbocycles. The van der Waals surface area contributed by atoms with Crippen LogP contribution in [-0.2, 0) is 20.9 Å². The maximum atomic E-state index is 12.7. The van der Waals surface area contributed by atoms with E-state index in [0.29, 0.717) is 16.3 Å². The minimum atomic E-state index is -1.18. The molecule has 29 heavy (non-hydrogen) atoms. The summed E-state index contributed by atoms with van der Waals surface area (Å²) in [5, 5.41) is 32.0. The van der Waals surface area contributed by atoms with Gasteiger partial charge >= 0.3 is 5.97 Å². The Hall–Kier alpha value is -2.87. The molecule has 12 nitrogen and oxygen atoms in total. The van der Waals surface area contributed by atoms with E-state index >= 15 is 0 Å². The van der Waals surface area contributed by atoms with E-state index in [1.807, 2.05) is 13.8 Å². The minimum absolute atomic E-state index is 0.0370. The number of hydrogen-bond acceptors (Lipinski definition) is 10. The summed E-state index contributed by atoms with van der Waals surface area (Å²) in [6.07, 6.45) is 1.29. The third kappa shape index (κ3) is 3.48. The number of carboxylic acids is 1. The topological polar surface area (TPSA) is 156 Å². The summed E-state index contributed by atoms with van der Waals surface area (Å²) in [7, 11) is 0. The van der Waals surface area contributed by atoms with Crippen LogP contribution < -0.4 is 5.32 Å². The van der Waals surface area contributed by atoms with E-state index in [-0.39, 0.29) is 18.2 Å². The highest BCUT2D eigenvalue weighted by Crippen LogP contribution is 2.44. The molecule has 0 spiro atoms. The molecule has 2 N–H and O–H groups in total. The second-order valence-electron chi connectivity index (χ2n) is 6.52. The van der Waals surface area contributed by atoms with Gasteiger partial charge in [0.2, 0.25) is 5.91 Å². The minimum Gasteiger partial charge on any atom is -0.477 e. The molecule has 0 radical (unpaired) electrons. The van der Waals surface area contributed by atoms with Crippen molar-refractivity contribution in [2.24, 2.45) is 0 Å². The maximum Gasteiger partial charge on any atom is 0.352 e. The summed E-state index contributed by atoms with van der Waals surface area (Å²) >= 11 is 2.81. The van der Waals surface area contributed by atoms with Gasteiger partial charge in [0, 0.05) is 11.7 Å². The number of nitrogens with one attached hydrogen (secondary N) is 1. The largest absolute Gasteiger partial charge is 0.477 e. The maximum absolute atomic E-state index is 12.7. The van der Waals surface area contributed by atoms with E-state index in [4.69, 9.17) is 0 Å².